The minimum Gasteiger partial charge on any atom is -0.385 e. The summed E-state index contributed by atoms with van der Waals surface area (Å²) in [6.07, 6.45) is 1.53. The molecule has 18 heavy (non-hydrogen) atoms. The predicted molar refractivity (Wildman–Crippen MR) is 68.1 cm³/mol. The fraction of sp³-hybridized carbons (Fsp3) is 0.167. The number of amidine groups is 1. The van der Waals surface area contributed by atoms with Crippen molar-refractivity contribution in [1.82, 2.24) is 4.90 Å². The van der Waals surface area contributed by atoms with Crippen molar-refractivity contribution in [3.63, 3.8) is 0 Å². The molecule has 6 heteroatoms. The SMILES string of the molecule is C=CCN1C(=O)N=C(N)C1c1ccc(Cl)cc1F. The number of hydrogen-bond donors (Lipinski definition) is 1. The number of rotatable bonds is 3. The first-order chi connectivity index (χ1) is 8.54. The first kappa shape index (κ1) is 12.6. The summed E-state index contributed by atoms with van der Waals surface area (Å²) in [5.74, 6) is -0.447. The Bertz CT molecular complexity index is 544. The van der Waals surface area contributed by atoms with Gasteiger partial charge in [-0.15, -0.1) is 6.58 Å². The van der Waals surface area contributed by atoms with Crippen LogP contribution in [0, 0.1) is 5.82 Å². The molecule has 2 amide bonds. The maximum absolute atomic E-state index is 13.9. The van der Waals surface area contributed by atoms with Gasteiger partial charge < -0.3 is 10.6 Å². The monoisotopic (exact) mass is 267 g/mol. The topological polar surface area (TPSA) is 58.7 Å². The number of urea groups is 1. The Morgan fingerprint density at radius 1 is 1.61 bits per heavy atom. The fourth-order valence-electron chi connectivity index (χ4n) is 1.88. The van der Waals surface area contributed by atoms with Crippen LogP contribution in [0.15, 0.2) is 35.8 Å². The summed E-state index contributed by atoms with van der Waals surface area (Å²) in [5, 5.41) is 0.284. The van der Waals surface area contributed by atoms with Gasteiger partial charge in [0.25, 0.3) is 0 Å². The van der Waals surface area contributed by atoms with Gasteiger partial charge in [-0.25, -0.2) is 9.18 Å². The summed E-state index contributed by atoms with van der Waals surface area (Å²) in [6.45, 7) is 3.79. The second-order valence-electron chi connectivity index (χ2n) is 3.83. The number of hydrogen-bond acceptors (Lipinski definition) is 2. The molecule has 94 valence electrons. The highest BCUT2D eigenvalue weighted by Crippen LogP contribution is 2.29. The molecule has 0 aliphatic carbocycles. The minimum atomic E-state index is -0.701. The van der Waals surface area contributed by atoms with Crippen LogP contribution in [0.2, 0.25) is 5.02 Å². The summed E-state index contributed by atoms with van der Waals surface area (Å²) in [6, 6.07) is 3.03. The fourth-order valence-corrected chi connectivity index (χ4v) is 2.04. The molecule has 0 fully saturated rings. The molecule has 1 heterocycles. The first-order valence-corrected chi connectivity index (χ1v) is 5.63. The third-order valence-corrected chi connectivity index (χ3v) is 2.88. The Morgan fingerprint density at radius 2 is 2.33 bits per heavy atom. The molecule has 0 radical (unpaired) electrons. The van der Waals surface area contributed by atoms with Gasteiger partial charge in [-0.3, -0.25) is 0 Å². The lowest BCUT2D eigenvalue weighted by Crippen LogP contribution is -2.34. The van der Waals surface area contributed by atoms with Crippen molar-refractivity contribution in [3.8, 4) is 0 Å². The molecular weight excluding hydrogens is 257 g/mol. The third-order valence-electron chi connectivity index (χ3n) is 2.65. The van der Waals surface area contributed by atoms with E-state index in [1.165, 1.54) is 23.1 Å². The van der Waals surface area contributed by atoms with Gasteiger partial charge in [-0.1, -0.05) is 23.7 Å². The summed E-state index contributed by atoms with van der Waals surface area (Å²) in [7, 11) is 0. The average Bonchev–Trinajstić information content (AvgIpc) is 2.56. The highest BCUT2D eigenvalue weighted by atomic mass is 35.5. The molecule has 1 unspecified atom stereocenters. The number of amides is 2. The molecule has 1 aromatic rings. The molecule has 2 N–H and O–H groups in total. The van der Waals surface area contributed by atoms with E-state index in [9.17, 15) is 9.18 Å². The number of carbonyl (C=O) groups excluding carboxylic acids is 1. The van der Waals surface area contributed by atoms with Crippen molar-refractivity contribution in [2.75, 3.05) is 6.54 Å². The quantitative estimate of drug-likeness (QED) is 0.856. The van der Waals surface area contributed by atoms with Crippen molar-refractivity contribution >= 4 is 23.5 Å². The maximum atomic E-state index is 13.9. The van der Waals surface area contributed by atoms with Crippen LogP contribution < -0.4 is 5.73 Å². The molecule has 0 saturated heterocycles. The van der Waals surface area contributed by atoms with Crippen LogP contribution in [0.25, 0.3) is 0 Å². The van der Waals surface area contributed by atoms with E-state index in [1.54, 1.807) is 6.07 Å². The van der Waals surface area contributed by atoms with E-state index >= 15 is 0 Å². The normalized spacial score (nSPS) is 19.0. The summed E-state index contributed by atoms with van der Waals surface area (Å²) in [5.41, 5.74) is 5.95. The minimum absolute atomic E-state index is 0.0723. The third kappa shape index (κ3) is 2.09. The zero-order valence-electron chi connectivity index (χ0n) is 9.44. The smallest absolute Gasteiger partial charge is 0.346 e. The molecule has 1 atom stereocenters. The molecular formula is C12H11ClFN3O. The average molecular weight is 268 g/mol. The zero-order valence-corrected chi connectivity index (χ0v) is 10.2. The molecule has 4 nitrogen and oxygen atoms in total. The van der Waals surface area contributed by atoms with Gasteiger partial charge in [0.1, 0.15) is 17.7 Å². The molecule has 1 aromatic carbocycles. The van der Waals surface area contributed by atoms with Crippen molar-refractivity contribution in [2.45, 2.75) is 6.04 Å². The molecule has 0 spiro atoms. The van der Waals surface area contributed by atoms with Crippen LogP contribution in [-0.2, 0) is 0 Å². The Hall–Kier alpha value is -1.88. The van der Waals surface area contributed by atoms with E-state index < -0.39 is 17.9 Å². The second-order valence-corrected chi connectivity index (χ2v) is 4.27. The lowest BCUT2D eigenvalue weighted by Gasteiger charge is -2.23. The molecule has 0 aromatic heterocycles. The van der Waals surface area contributed by atoms with Gasteiger partial charge in [-0.2, -0.15) is 4.99 Å². The maximum Gasteiger partial charge on any atom is 0.346 e. The van der Waals surface area contributed by atoms with E-state index in [2.05, 4.69) is 11.6 Å². The first-order valence-electron chi connectivity index (χ1n) is 5.25. The number of carbonyl (C=O) groups is 1. The van der Waals surface area contributed by atoms with E-state index in [1.807, 2.05) is 0 Å². The van der Waals surface area contributed by atoms with Gasteiger partial charge in [0, 0.05) is 17.1 Å². The highest BCUT2D eigenvalue weighted by molar-refractivity contribution is 6.30. The van der Waals surface area contributed by atoms with E-state index in [-0.39, 0.29) is 23.0 Å². The van der Waals surface area contributed by atoms with Crippen molar-refractivity contribution in [2.24, 2.45) is 10.7 Å². The summed E-state index contributed by atoms with van der Waals surface area (Å²) >= 11 is 5.69. The van der Waals surface area contributed by atoms with Crippen LogP contribution >= 0.6 is 11.6 Å². The Kier molecular flexibility index (Phi) is 3.34. The van der Waals surface area contributed by atoms with E-state index in [0.29, 0.717) is 0 Å². The van der Waals surface area contributed by atoms with Crippen molar-refractivity contribution in [1.29, 1.82) is 0 Å². The number of nitrogens with zero attached hydrogens (tertiary/aromatic N) is 2. The number of nitrogens with two attached hydrogens (primary N) is 1. The molecule has 0 bridgehead atoms. The number of aliphatic imine (C=N–C) groups is 1. The predicted octanol–water partition coefficient (Wildman–Crippen LogP) is 2.50. The largest absolute Gasteiger partial charge is 0.385 e. The van der Waals surface area contributed by atoms with Crippen LogP contribution in [0.5, 0.6) is 0 Å². The van der Waals surface area contributed by atoms with Crippen LogP contribution in [0.3, 0.4) is 0 Å². The molecule has 0 saturated carbocycles. The number of benzene rings is 1. The lowest BCUT2D eigenvalue weighted by molar-refractivity contribution is 0.212. The van der Waals surface area contributed by atoms with Gasteiger partial charge in [0.15, 0.2) is 0 Å². The number of halogens is 2. The van der Waals surface area contributed by atoms with Crippen LogP contribution in [0.4, 0.5) is 9.18 Å². The Morgan fingerprint density at radius 3 is 2.94 bits per heavy atom. The van der Waals surface area contributed by atoms with Gasteiger partial charge in [-0.05, 0) is 12.1 Å². The van der Waals surface area contributed by atoms with Gasteiger partial charge in [0.2, 0.25) is 0 Å². The van der Waals surface area contributed by atoms with E-state index in [0.717, 1.165) is 0 Å². The van der Waals surface area contributed by atoms with Crippen LogP contribution in [-0.4, -0.2) is 23.3 Å². The summed E-state index contributed by atoms with van der Waals surface area (Å²) < 4.78 is 13.9. The lowest BCUT2D eigenvalue weighted by atomic mass is 10.0. The standard InChI is InChI=1S/C12H11ClFN3O/c1-2-5-17-10(11(15)16-12(17)18)8-4-3-7(13)6-9(8)14/h2-4,6,10H,1,5H2,(H2,15,16,18). The Balaban J connectivity index is 2.44. The zero-order chi connectivity index (χ0) is 13.3. The van der Waals surface area contributed by atoms with Crippen molar-refractivity contribution in [3.05, 3.63) is 47.3 Å². The van der Waals surface area contributed by atoms with E-state index in [4.69, 9.17) is 17.3 Å². The summed E-state index contributed by atoms with van der Waals surface area (Å²) in [4.78, 5) is 16.6. The Labute approximate surface area is 109 Å². The molecule has 2 rings (SSSR count). The van der Waals surface area contributed by atoms with Gasteiger partial charge in [0.05, 0.1) is 0 Å². The second kappa shape index (κ2) is 4.78. The highest BCUT2D eigenvalue weighted by Gasteiger charge is 2.35. The van der Waals surface area contributed by atoms with Gasteiger partial charge >= 0.3 is 6.03 Å². The van der Waals surface area contributed by atoms with Crippen molar-refractivity contribution < 1.29 is 9.18 Å². The molecule has 1 aliphatic heterocycles. The van der Waals surface area contributed by atoms with Crippen LogP contribution in [0.1, 0.15) is 11.6 Å². The molecule has 1 aliphatic rings.